The molecule has 0 radical (unpaired) electrons. The number of unbranched alkanes of at least 4 members (excludes halogenated alkanes) is 4. The fourth-order valence-corrected chi connectivity index (χ4v) is 10.5. The predicted molar refractivity (Wildman–Crippen MR) is 222 cm³/mol. The fraction of sp³-hybridized carbons (Fsp3) is 0.404. The monoisotopic (exact) mass is 792 g/mol. The Morgan fingerprint density at radius 3 is 2.44 bits per heavy atom. The van der Waals surface area contributed by atoms with Gasteiger partial charge < -0.3 is 24.3 Å². The lowest BCUT2D eigenvalue weighted by Crippen LogP contribution is -2.71. The molecule has 0 spiro atoms. The molecule has 2 bridgehead atoms. The van der Waals surface area contributed by atoms with Crippen LogP contribution >= 0.6 is 0 Å². The van der Waals surface area contributed by atoms with E-state index in [1.54, 1.807) is 18.2 Å². The van der Waals surface area contributed by atoms with E-state index < -0.39 is 17.9 Å². The van der Waals surface area contributed by atoms with E-state index in [0.29, 0.717) is 66.8 Å². The number of ether oxygens (including phenoxy) is 2. The first kappa shape index (κ1) is 37.2. The molecule has 5 fully saturated rings. The number of aromatic nitrogens is 3. The summed E-state index contributed by atoms with van der Waals surface area (Å²) >= 11 is 0. The van der Waals surface area contributed by atoms with Crippen LogP contribution in [0.5, 0.6) is 11.6 Å². The maximum Gasteiger partial charge on any atom is 0.262 e. The minimum Gasteiger partial charge on any atom is -0.494 e. The predicted octanol–water partition coefficient (Wildman–Crippen LogP) is 7.36. The summed E-state index contributed by atoms with van der Waals surface area (Å²) in [5.41, 5.74) is 5.84. The molecule has 4 amide bonds. The molecular weight excluding hydrogens is 745 g/mol. The molecule has 6 aliphatic rings. The molecule has 3 aliphatic carbocycles. The number of rotatable bonds is 14. The summed E-state index contributed by atoms with van der Waals surface area (Å²) in [6.45, 7) is 5.54. The van der Waals surface area contributed by atoms with E-state index in [1.807, 2.05) is 41.7 Å². The summed E-state index contributed by atoms with van der Waals surface area (Å²) in [6.07, 6.45) is 16.1. The average molecular weight is 793 g/mol. The smallest absolute Gasteiger partial charge is 0.262 e. The first-order valence-corrected chi connectivity index (χ1v) is 21.0. The molecule has 12 nitrogen and oxygen atoms in total. The number of carbonyl (C=O) groups excluding carboxylic acids is 4. The van der Waals surface area contributed by atoms with Crippen molar-refractivity contribution in [2.24, 2.45) is 17.9 Å². The Morgan fingerprint density at radius 1 is 0.864 bits per heavy atom. The van der Waals surface area contributed by atoms with E-state index in [-0.39, 0.29) is 23.0 Å². The van der Waals surface area contributed by atoms with Crippen molar-refractivity contribution in [3.8, 4) is 22.8 Å². The first-order chi connectivity index (χ1) is 28.6. The van der Waals surface area contributed by atoms with E-state index >= 15 is 0 Å². The van der Waals surface area contributed by atoms with Crippen molar-refractivity contribution < 1.29 is 28.7 Å². The van der Waals surface area contributed by atoms with Gasteiger partial charge in [0.25, 0.3) is 11.8 Å². The van der Waals surface area contributed by atoms with E-state index in [0.717, 1.165) is 77.4 Å². The molecule has 6 heterocycles. The number of fused-ring (bicyclic) bond motifs is 4. The summed E-state index contributed by atoms with van der Waals surface area (Å²) in [4.78, 5) is 64.0. The second-order valence-corrected chi connectivity index (χ2v) is 17.5. The van der Waals surface area contributed by atoms with Gasteiger partial charge in [0.1, 0.15) is 17.9 Å². The van der Waals surface area contributed by atoms with Crippen LogP contribution in [0.3, 0.4) is 0 Å². The van der Waals surface area contributed by atoms with Gasteiger partial charge in [0.2, 0.25) is 17.7 Å². The van der Waals surface area contributed by atoms with Crippen LogP contribution in [0.1, 0.15) is 91.3 Å². The highest BCUT2D eigenvalue weighted by molar-refractivity contribution is 6.23. The van der Waals surface area contributed by atoms with Gasteiger partial charge in [-0.25, -0.2) is 4.98 Å². The van der Waals surface area contributed by atoms with Gasteiger partial charge in [-0.1, -0.05) is 44.4 Å². The van der Waals surface area contributed by atoms with Gasteiger partial charge in [0.15, 0.2) is 0 Å². The molecule has 12 heteroatoms. The lowest BCUT2D eigenvalue weighted by molar-refractivity contribution is -0.224. The summed E-state index contributed by atoms with van der Waals surface area (Å²) < 4.78 is 14.3. The van der Waals surface area contributed by atoms with Gasteiger partial charge in [-0.15, -0.1) is 0 Å². The number of hydrogen-bond donors (Lipinski definition) is 1. The van der Waals surface area contributed by atoms with Gasteiger partial charge in [-0.3, -0.25) is 29.1 Å². The molecule has 302 valence electrons. The zero-order chi connectivity index (χ0) is 40.5. The van der Waals surface area contributed by atoms with Crippen molar-refractivity contribution in [3.05, 3.63) is 96.6 Å². The quantitative estimate of drug-likeness (QED) is 0.0911. The molecule has 2 aromatic carbocycles. The molecule has 1 atom stereocenters. The van der Waals surface area contributed by atoms with Gasteiger partial charge in [0.05, 0.1) is 41.8 Å². The van der Waals surface area contributed by atoms with Crippen LogP contribution in [0.4, 0.5) is 0 Å². The Morgan fingerprint density at radius 2 is 1.64 bits per heavy atom. The van der Waals surface area contributed by atoms with Crippen LogP contribution in [-0.4, -0.2) is 79.8 Å². The summed E-state index contributed by atoms with van der Waals surface area (Å²) in [5.74, 6) is 0.172. The molecular formula is C47H48N6O6. The maximum absolute atomic E-state index is 13.4. The van der Waals surface area contributed by atoms with E-state index in [9.17, 15) is 19.2 Å². The fourth-order valence-electron chi connectivity index (χ4n) is 10.5. The van der Waals surface area contributed by atoms with Crippen molar-refractivity contribution in [1.29, 1.82) is 0 Å². The minimum absolute atomic E-state index is 0.0298. The summed E-state index contributed by atoms with van der Waals surface area (Å²) in [5, 5.41) is 4.99. The van der Waals surface area contributed by atoms with E-state index in [2.05, 4.69) is 51.7 Å². The number of benzene rings is 2. The lowest BCUT2D eigenvalue weighted by atomic mass is 9.33. The van der Waals surface area contributed by atoms with Crippen LogP contribution < -0.4 is 14.8 Å². The third-order valence-corrected chi connectivity index (χ3v) is 13.5. The molecule has 3 aromatic heterocycles. The van der Waals surface area contributed by atoms with Crippen LogP contribution in [0.15, 0.2) is 85.5 Å². The third-order valence-electron chi connectivity index (χ3n) is 13.5. The van der Waals surface area contributed by atoms with E-state index in [4.69, 9.17) is 9.47 Å². The number of likely N-dealkylation sites (tertiary alicyclic amines) is 1. The average Bonchev–Trinajstić information content (AvgIpc) is 3.62. The molecule has 1 unspecified atom stereocenters. The van der Waals surface area contributed by atoms with Crippen LogP contribution in [-0.2, 0) is 16.6 Å². The normalized spacial score (nSPS) is 23.5. The molecule has 11 rings (SSSR count). The van der Waals surface area contributed by atoms with Crippen LogP contribution in [0.2, 0.25) is 0 Å². The highest BCUT2D eigenvalue weighted by Gasteiger charge is 2.71. The second kappa shape index (κ2) is 14.4. The minimum atomic E-state index is -0.825. The topological polar surface area (TPSA) is 136 Å². The SMILES string of the molecule is C=C1CCC(N2C(=O)c3ccc(OCCCCCCCC45CC(C(=O)N6CC(Oc7ccc(-c8ccc9c%10cnccc%10n(C)c9c8)cn7)C6)(C4)C5)cc3C2=O)C(=O)N1. The number of nitrogens with one attached hydrogen (secondary N) is 1. The standard InChI is InChI=1S/C47H48N6O6/c1-29-8-14-39(42(54)50-29)53-43(55)35-13-11-32(21-36(35)44(53)56)58-19-7-5-3-4-6-17-46-26-47(27-46,28-46)45(57)52-24-33(25-52)59-41-15-10-31(22-49-41)30-9-12-34-37-23-48-18-16-38(37)51(2)40(34)20-30/h9-13,15-16,18,20-23,33,39H,1,3-8,14,17,19,24-28H2,2H3,(H,50,54). The van der Waals surface area contributed by atoms with Gasteiger partial charge >= 0.3 is 0 Å². The Kier molecular flexibility index (Phi) is 9.06. The molecule has 3 aliphatic heterocycles. The molecule has 5 aromatic rings. The Hall–Kier alpha value is -6.04. The van der Waals surface area contributed by atoms with Crippen molar-refractivity contribution in [2.75, 3.05) is 19.7 Å². The number of imide groups is 1. The van der Waals surface area contributed by atoms with Gasteiger partial charge in [-0.2, -0.15) is 0 Å². The second-order valence-electron chi connectivity index (χ2n) is 17.5. The Balaban J connectivity index is 0.609. The van der Waals surface area contributed by atoms with Crippen molar-refractivity contribution >= 4 is 45.4 Å². The first-order valence-electron chi connectivity index (χ1n) is 21.0. The number of amides is 4. The molecule has 1 N–H and O–H groups in total. The highest BCUT2D eigenvalue weighted by Crippen LogP contribution is 2.75. The Labute approximate surface area is 342 Å². The highest BCUT2D eigenvalue weighted by atomic mass is 16.5. The number of nitrogens with zero attached hydrogens (tertiary/aromatic N) is 5. The maximum atomic E-state index is 13.4. The summed E-state index contributed by atoms with van der Waals surface area (Å²) in [7, 11) is 2.08. The number of pyridine rings is 2. The molecule has 59 heavy (non-hydrogen) atoms. The van der Waals surface area contributed by atoms with E-state index in [1.165, 1.54) is 18.2 Å². The molecule has 3 saturated carbocycles. The largest absolute Gasteiger partial charge is 0.494 e. The number of allylic oxidation sites excluding steroid dienone is 1. The number of carbonyl (C=O) groups is 4. The van der Waals surface area contributed by atoms with Crippen molar-refractivity contribution in [3.63, 3.8) is 0 Å². The van der Waals surface area contributed by atoms with Crippen molar-refractivity contribution in [2.45, 2.75) is 82.8 Å². The van der Waals surface area contributed by atoms with Crippen LogP contribution in [0, 0.1) is 10.8 Å². The number of aryl methyl sites for hydroxylation is 1. The van der Waals surface area contributed by atoms with Crippen LogP contribution in [0.25, 0.3) is 32.9 Å². The lowest BCUT2D eigenvalue weighted by Gasteiger charge is -2.71. The Bertz CT molecular complexity index is 2540. The zero-order valence-corrected chi connectivity index (χ0v) is 33.4. The van der Waals surface area contributed by atoms with Crippen molar-refractivity contribution in [1.82, 2.24) is 29.7 Å². The number of piperidine rings is 1. The number of hydrogen-bond acceptors (Lipinski definition) is 8. The third kappa shape index (κ3) is 6.44. The zero-order valence-electron chi connectivity index (χ0n) is 33.4. The van der Waals surface area contributed by atoms with Gasteiger partial charge in [0, 0.05) is 59.3 Å². The molecule has 2 saturated heterocycles. The summed E-state index contributed by atoms with van der Waals surface area (Å²) in [6, 6.07) is 16.6. The van der Waals surface area contributed by atoms with Gasteiger partial charge in [-0.05, 0) is 92.3 Å².